The van der Waals surface area contributed by atoms with Crippen molar-refractivity contribution in [2.75, 3.05) is 13.1 Å². The number of amides is 2. The maximum atomic E-state index is 13.2. The number of likely N-dealkylation sites (tertiary alicyclic amines) is 1. The summed E-state index contributed by atoms with van der Waals surface area (Å²) >= 11 is 0. The van der Waals surface area contributed by atoms with Gasteiger partial charge in [0.1, 0.15) is 0 Å². The highest BCUT2D eigenvalue weighted by Gasteiger charge is 2.41. The zero-order valence-electron chi connectivity index (χ0n) is 17.2. The maximum Gasteiger partial charge on any atom is 0.416 e. The number of aryl methyl sites for hydroxylation is 1. The smallest absolute Gasteiger partial charge is 0.354 e. The largest absolute Gasteiger partial charge is 0.416 e. The lowest BCUT2D eigenvalue weighted by atomic mass is 9.87. The van der Waals surface area contributed by atoms with Gasteiger partial charge < -0.3 is 10.2 Å². The van der Waals surface area contributed by atoms with Crippen molar-refractivity contribution in [1.29, 1.82) is 0 Å². The van der Waals surface area contributed by atoms with Crippen molar-refractivity contribution < 1.29 is 22.8 Å². The van der Waals surface area contributed by atoms with Crippen molar-refractivity contribution in [1.82, 2.24) is 10.2 Å². The molecule has 1 aliphatic heterocycles. The fourth-order valence-electron chi connectivity index (χ4n) is 3.79. The van der Waals surface area contributed by atoms with Gasteiger partial charge in [0.15, 0.2) is 0 Å². The van der Waals surface area contributed by atoms with Crippen molar-refractivity contribution in [2.45, 2.75) is 38.9 Å². The number of nitrogens with one attached hydrogen (secondary N) is 1. The first-order chi connectivity index (χ1) is 14.1. The Labute approximate surface area is 174 Å². The highest BCUT2D eigenvalue weighted by molar-refractivity contribution is 5.95. The van der Waals surface area contributed by atoms with E-state index in [1.165, 1.54) is 6.07 Å². The van der Waals surface area contributed by atoms with E-state index < -0.39 is 23.6 Å². The third kappa shape index (κ3) is 4.83. The van der Waals surface area contributed by atoms with Gasteiger partial charge in [-0.05, 0) is 44.5 Å². The lowest BCUT2D eigenvalue weighted by Crippen LogP contribution is -2.39. The van der Waals surface area contributed by atoms with Crippen LogP contribution in [0.15, 0.2) is 48.5 Å². The lowest BCUT2D eigenvalue weighted by Gasteiger charge is -2.20. The molecule has 160 valence electrons. The molecule has 2 atom stereocenters. The summed E-state index contributed by atoms with van der Waals surface area (Å²) in [6.07, 6.45) is -4.47. The summed E-state index contributed by atoms with van der Waals surface area (Å²) in [5.41, 5.74) is 1.16. The minimum absolute atomic E-state index is 0.110. The van der Waals surface area contributed by atoms with Gasteiger partial charge in [-0.2, -0.15) is 13.2 Å². The Morgan fingerprint density at radius 1 is 1.07 bits per heavy atom. The Balaban J connectivity index is 1.92. The molecule has 2 amide bonds. The van der Waals surface area contributed by atoms with Crippen LogP contribution in [0.25, 0.3) is 0 Å². The van der Waals surface area contributed by atoms with E-state index in [2.05, 4.69) is 5.32 Å². The molecular weight excluding hydrogens is 393 g/mol. The molecule has 30 heavy (non-hydrogen) atoms. The van der Waals surface area contributed by atoms with Gasteiger partial charge in [-0.1, -0.05) is 35.9 Å². The van der Waals surface area contributed by atoms with Crippen molar-refractivity contribution in [2.24, 2.45) is 5.92 Å². The molecule has 2 aromatic rings. The van der Waals surface area contributed by atoms with E-state index in [-0.39, 0.29) is 30.9 Å². The maximum absolute atomic E-state index is 13.2. The first kappa shape index (κ1) is 21.9. The summed E-state index contributed by atoms with van der Waals surface area (Å²) in [5.74, 6) is -1.62. The van der Waals surface area contributed by atoms with Crippen LogP contribution in [-0.4, -0.2) is 35.8 Å². The Kier molecular flexibility index (Phi) is 6.19. The SMILES string of the molecule is Cc1ccc(C(=O)N2C[C@H](C(=O)NC(C)C)[C@@H](c3cccc(C(F)(F)F)c3)C2)cc1. The minimum atomic E-state index is -4.47. The Bertz CT molecular complexity index is 923. The first-order valence-electron chi connectivity index (χ1n) is 9.89. The van der Waals surface area contributed by atoms with Crippen LogP contribution in [0, 0.1) is 12.8 Å². The average molecular weight is 418 g/mol. The molecule has 0 aromatic heterocycles. The lowest BCUT2D eigenvalue weighted by molar-refractivity contribution is -0.137. The number of rotatable bonds is 4. The topological polar surface area (TPSA) is 49.4 Å². The molecule has 1 aliphatic rings. The Hall–Kier alpha value is -2.83. The molecule has 0 saturated carbocycles. The van der Waals surface area contributed by atoms with Gasteiger partial charge in [-0.25, -0.2) is 0 Å². The summed E-state index contributed by atoms with van der Waals surface area (Å²) in [6.45, 7) is 5.90. The number of hydrogen-bond donors (Lipinski definition) is 1. The summed E-state index contributed by atoms with van der Waals surface area (Å²) in [4.78, 5) is 27.3. The molecule has 1 saturated heterocycles. The van der Waals surface area contributed by atoms with Crippen LogP contribution in [-0.2, 0) is 11.0 Å². The first-order valence-corrected chi connectivity index (χ1v) is 9.89. The van der Waals surface area contributed by atoms with Gasteiger partial charge in [0, 0.05) is 30.6 Å². The third-order valence-electron chi connectivity index (χ3n) is 5.32. The van der Waals surface area contributed by atoms with Gasteiger partial charge >= 0.3 is 6.18 Å². The monoisotopic (exact) mass is 418 g/mol. The number of alkyl halides is 3. The van der Waals surface area contributed by atoms with E-state index in [9.17, 15) is 22.8 Å². The third-order valence-corrected chi connectivity index (χ3v) is 5.32. The van der Waals surface area contributed by atoms with E-state index in [0.29, 0.717) is 11.1 Å². The van der Waals surface area contributed by atoms with Crippen molar-refractivity contribution >= 4 is 11.8 Å². The van der Waals surface area contributed by atoms with Crippen molar-refractivity contribution in [3.63, 3.8) is 0 Å². The predicted octanol–water partition coefficient (Wildman–Crippen LogP) is 4.39. The molecule has 1 N–H and O–H groups in total. The molecule has 7 heteroatoms. The number of hydrogen-bond acceptors (Lipinski definition) is 2. The fourth-order valence-corrected chi connectivity index (χ4v) is 3.79. The van der Waals surface area contributed by atoms with Crippen molar-refractivity contribution in [3.8, 4) is 0 Å². The zero-order valence-corrected chi connectivity index (χ0v) is 17.2. The summed E-state index contributed by atoms with van der Waals surface area (Å²) in [7, 11) is 0. The Morgan fingerprint density at radius 3 is 2.33 bits per heavy atom. The minimum Gasteiger partial charge on any atom is -0.354 e. The number of benzene rings is 2. The predicted molar refractivity (Wildman–Crippen MR) is 108 cm³/mol. The fraction of sp³-hybridized carbons (Fsp3) is 0.391. The molecule has 2 aromatic carbocycles. The van der Waals surface area contributed by atoms with Crippen LogP contribution >= 0.6 is 0 Å². The molecule has 0 bridgehead atoms. The van der Waals surface area contributed by atoms with Crippen LogP contribution in [0.3, 0.4) is 0 Å². The van der Waals surface area contributed by atoms with Gasteiger partial charge in [-0.15, -0.1) is 0 Å². The second kappa shape index (κ2) is 8.50. The molecule has 0 aliphatic carbocycles. The van der Waals surface area contributed by atoms with Crippen LogP contribution in [0.1, 0.15) is 46.8 Å². The molecule has 3 rings (SSSR count). The van der Waals surface area contributed by atoms with E-state index in [0.717, 1.165) is 17.7 Å². The Morgan fingerprint density at radius 2 is 1.73 bits per heavy atom. The zero-order chi connectivity index (χ0) is 22.1. The van der Waals surface area contributed by atoms with Crippen LogP contribution in [0.2, 0.25) is 0 Å². The van der Waals surface area contributed by atoms with Crippen LogP contribution in [0.5, 0.6) is 0 Å². The van der Waals surface area contributed by atoms with E-state index in [4.69, 9.17) is 0 Å². The van der Waals surface area contributed by atoms with E-state index >= 15 is 0 Å². The number of carbonyl (C=O) groups is 2. The molecule has 4 nitrogen and oxygen atoms in total. The highest BCUT2D eigenvalue weighted by atomic mass is 19.4. The molecule has 0 spiro atoms. The molecular formula is C23H25F3N2O2. The number of halogens is 3. The van der Waals surface area contributed by atoms with Gasteiger partial charge in [0.05, 0.1) is 11.5 Å². The van der Waals surface area contributed by atoms with E-state index in [1.807, 2.05) is 32.9 Å². The molecule has 0 unspecified atom stereocenters. The van der Waals surface area contributed by atoms with Crippen LogP contribution < -0.4 is 5.32 Å². The molecule has 1 fully saturated rings. The van der Waals surface area contributed by atoms with Crippen LogP contribution in [0.4, 0.5) is 13.2 Å². The molecule has 1 heterocycles. The highest BCUT2D eigenvalue weighted by Crippen LogP contribution is 2.37. The summed E-state index contributed by atoms with van der Waals surface area (Å²) < 4.78 is 39.6. The summed E-state index contributed by atoms with van der Waals surface area (Å²) in [6, 6.07) is 12.0. The van der Waals surface area contributed by atoms with Crippen molar-refractivity contribution in [3.05, 3.63) is 70.8 Å². The normalized spacial score (nSPS) is 19.2. The second-order valence-corrected chi connectivity index (χ2v) is 8.08. The standard InChI is InChI=1S/C23H25F3N2O2/c1-14(2)27-21(29)20-13-28(22(30)16-9-7-15(3)8-10-16)12-19(20)17-5-4-6-18(11-17)23(24,25)26/h4-11,14,19-20H,12-13H2,1-3H3,(H,27,29)/t19-,20+/m1/s1. The molecule has 0 radical (unpaired) electrons. The second-order valence-electron chi connectivity index (χ2n) is 8.08. The summed E-state index contributed by atoms with van der Waals surface area (Å²) in [5, 5.41) is 2.84. The number of nitrogens with zero attached hydrogens (tertiary/aromatic N) is 1. The van der Waals surface area contributed by atoms with Gasteiger partial charge in [-0.3, -0.25) is 9.59 Å². The van der Waals surface area contributed by atoms with E-state index in [1.54, 1.807) is 23.1 Å². The van der Waals surface area contributed by atoms with Gasteiger partial charge in [0.2, 0.25) is 5.91 Å². The quantitative estimate of drug-likeness (QED) is 0.801. The number of carbonyl (C=O) groups excluding carboxylic acids is 2. The average Bonchev–Trinajstić information content (AvgIpc) is 3.12. The van der Waals surface area contributed by atoms with Gasteiger partial charge in [0.25, 0.3) is 5.91 Å².